The highest BCUT2D eigenvalue weighted by Gasteiger charge is 2.53. The zero-order chi connectivity index (χ0) is 19.1. The molecule has 1 aliphatic heterocycles. The van der Waals surface area contributed by atoms with Gasteiger partial charge >= 0.3 is 0 Å². The molecule has 5 rings (SSSR count). The first-order valence-corrected chi connectivity index (χ1v) is 9.99. The van der Waals surface area contributed by atoms with Crippen LogP contribution in [0.25, 0.3) is 11.3 Å². The van der Waals surface area contributed by atoms with Crippen molar-refractivity contribution in [2.24, 2.45) is 0 Å². The van der Waals surface area contributed by atoms with Crippen molar-refractivity contribution in [1.29, 1.82) is 0 Å². The van der Waals surface area contributed by atoms with Crippen molar-refractivity contribution < 1.29 is 9.32 Å². The monoisotopic (exact) mass is 376 g/mol. The van der Waals surface area contributed by atoms with Crippen LogP contribution in [-0.2, 0) is 10.2 Å². The van der Waals surface area contributed by atoms with Crippen molar-refractivity contribution in [2.75, 3.05) is 13.1 Å². The maximum atomic E-state index is 13.4. The first kappa shape index (κ1) is 17.2. The number of aromatic nitrogens is 3. The molecule has 0 spiro atoms. The van der Waals surface area contributed by atoms with Crippen molar-refractivity contribution >= 4 is 5.91 Å². The van der Waals surface area contributed by atoms with Crippen LogP contribution in [0.2, 0.25) is 0 Å². The van der Waals surface area contributed by atoms with Crippen LogP contribution in [0, 0.1) is 6.92 Å². The fourth-order valence-electron chi connectivity index (χ4n) is 4.50. The van der Waals surface area contributed by atoms with Crippen LogP contribution in [0.5, 0.6) is 0 Å². The average Bonchev–Trinajstić information content (AvgIpc) is 3.19. The maximum absolute atomic E-state index is 13.4. The van der Waals surface area contributed by atoms with Crippen LogP contribution >= 0.6 is 0 Å². The number of nitrogens with one attached hydrogen (secondary N) is 1. The first-order chi connectivity index (χ1) is 13.7. The summed E-state index contributed by atoms with van der Waals surface area (Å²) in [6.45, 7) is 3.46. The third kappa shape index (κ3) is 2.84. The Morgan fingerprint density at radius 2 is 2.11 bits per heavy atom. The Hall–Kier alpha value is -2.89. The molecule has 2 aliphatic rings. The van der Waals surface area contributed by atoms with E-state index in [0.717, 1.165) is 67.0 Å². The highest BCUT2D eigenvalue weighted by Crippen LogP contribution is 2.50. The number of carbonyl (C=O) groups is 1. The molecule has 6 heteroatoms. The van der Waals surface area contributed by atoms with Gasteiger partial charge in [0.05, 0.1) is 28.6 Å². The van der Waals surface area contributed by atoms with E-state index >= 15 is 0 Å². The van der Waals surface area contributed by atoms with Crippen molar-refractivity contribution in [3.63, 3.8) is 0 Å². The molecule has 144 valence electrons. The number of hydrogen-bond acceptors (Lipinski definition) is 4. The standard InChI is InChI=1S/C22H24N4O2/c1-15-12-19(28-25-15)18-13-23-24-20(18)16-6-5-11-26(14-16)21(27)22(9-10-22)17-7-3-2-4-8-17/h2-4,7-8,12-13,16H,5-6,9-11,14H2,1H3,(H,23,24)/t16-/m0/s1. The summed E-state index contributed by atoms with van der Waals surface area (Å²) in [5, 5.41) is 11.4. The lowest BCUT2D eigenvalue weighted by Gasteiger charge is -2.35. The van der Waals surface area contributed by atoms with Gasteiger partial charge < -0.3 is 9.42 Å². The molecule has 2 fully saturated rings. The number of H-pyrrole nitrogens is 1. The number of rotatable bonds is 4. The van der Waals surface area contributed by atoms with Crippen LogP contribution in [0.1, 0.15) is 48.6 Å². The van der Waals surface area contributed by atoms with E-state index in [2.05, 4.69) is 32.4 Å². The second kappa shape index (κ2) is 6.62. The molecule has 28 heavy (non-hydrogen) atoms. The SMILES string of the molecule is Cc1cc(-c2cn[nH]c2[C@H]2CCCN(C(=O)C3(c4ccccc4)CC3)C2)on1. The van der Waals surface area contributed by atoms with Crippen molar-refractivity contribution in [1.82, 2.24) is 20.3 Å². The molecule has 1 saturated carbocycles. The summed E-state index contributed by atoms with van der Waals surface area (Å²) in [7, 11) is 0. The fourth-order valence-corrected chi connectivity index (χ4v) is 4.50. The smallest absolute Gasteiger partial charge is 0.233 e. The van der Waals surface area contributed by atoms with Gasteiger partial charge in [0, 0.05) is 25.1 Å². The Bertz CT molecular complexity index is 987. The summed E-state index contributed by atoms with van der Waals surface area (Å²) >= 11 is 0. The summed E-state index contributed by atoms with van der Waals surface area (Å²) in [6, 6.07) is 12.2. The molecule has 6 nitrogen and oxygen atoms in total. The molecule has 1 amide bonds. The molecule has 2 aromatic heterocycles. The van der Waals surface area contributed by atoms with Gasteiger partial charge in [-0.1, -0.05) is 35.5 Å². The van der Waals surface area contributed by atoms with Gasteiger partial charge in [0.2, 0.25) is 5.91 Å². The second-order valence-electron chi connectivity index (χ2n) is 8.07. The van der Waals surface area contributed by atoms with Gasteiger partial charge in [-0.2, -0.15) is 5.10 Å². The van der Waals surface area contributed by atoms with E-state index in [-0.39, 0.29) is 17.2 Å². The van der Waals surface area contributed by atoms with Gasteiger partial charge in [-0.25, -0.2) is 0 Å². The van der Waals surface area contributed by atoms with Gasteiger partial charge in [-0.15, -0.1) is 0 Å². The number of carbonyl (C=O) groups excluding carboxylic acids is 1. The number of amides is 1. The van der Waals surface area contributed by atoms with E-state index in [4.69, 9.17) is 4.52 Å². The molecule has 1 N–H and O–H groups in total. The van der Waals surface area contributed by atoms with E-state index in [1.54, 1.807) is 6.20 Å². The minimum atomic E-state index is -0.304. The number of aryl methyl sites for hydroxylation is 1. The van der Waals surface area contributed by atoms with Gasteiger partial charge in [0.15, 0.2) is 5.76 Å². The van der Waals surface area contributed by atoms with Crippen LogP contribution in [-0.4, -0.2) is 39.3 Å². The highest BCUT2D eigenvalue weighted by atomic mass is 16.5. The Balaban J connectivity index is 1.38. The molecule has 1 aromatic carbocycles. The van der Waals surface area contributed by atoms with E-state index in [1.165, 1.54) is 0 Å². The number of benzene rings is 1. The van der Waals surface area contributed by atoms with Crippen molar-refractivity contribution in [3.8, 4) is 11.3 Å². The average molecular weight is 376 g/mol. The summed E-state index contributed by atoms with van der Waals surface area (Å²) in [6.07, 6.45) is 5.72. The third-order valence-electron chi connectivity index (χ3n) is 6.16. The minimum absolute atomic E-state index is 0.229. The molecule has 0 unspecified atom stereocenters. The normalized spacial score (nSPS) is 20.9. The predicted molar refractivity (Wildman–Crippen MR) is 105 cm³/mol. The number of likely N-dealkylation sites (tertiary alicyclic amines) is 1. The lowest BCUT2D eigenvalue weighted by Crippen LogP contribution is -2.44. The Kier molecular flexibility index (Phi) is 4.07. The predicted octanol–water partition coefficient (Wildman–Crippen LogP) is 3.81. The lowest BCUT2D eigenvalue weighted by atomic mass is 9.89. The van der Waals surface area contributed by atoms with E-state index in [9.17, 15) is 4.79 Å². The van der Waals surface area contributed by atoms with Crippen molar-refractivity contribution in [3.05, 3.63) is 59.5 Å². The maximum Gasteiger partial charge on any atom is 0.233 e. The van der Waals surface area contributed by atoms with Gasteiger partial charge in [0.25, 0.3) is 0 Å². The molecule has 1 aliphatic carbocycles. The van der Waals surface area contributed by atoms with Gasteiger partial charge in [-0.3, -0.25) is 9.89 Å². The van der Waals surface area contributed by atoms with E-state index in [0.29, 0.717) is 0 Å². The minimum Gasteiger partial charge on any atom is -0.356 e. The molecular formula is C22H24N4O2. The number of aromatic amines is 1. The van der Waals surface area contributed by atoms with Crippen molar-refractivity contribution in [2.45, 2.75) is 43.9 Å². The number of hydrogen-bond donors (Lipinski definition) is 1. The van der Waals surface area contributed by atoms with Crippen LogP contribution in [0.15, 0.2) is 47.1 Å². The molecule has 3 heterocycles. The number of piperidine rings is 1. The fraction of sp³-hybridized carbons (Fsp3) is 0.409. The zero-order valence-corrected chi connectivity index (χ0v) is 16.0. The molecule has 1 saturated heterocycles. The van der Waals surface area contributed by atoms with Crippen LogP contribution < -0.4 is 0 Å². The quantitative estimate of drug-likeness (QED) is 0.751. The van der Waals surface area contributed by atoms with Gasteiger partial charge in [-0.05, 0) is 38.2 Å². The highest BCUT2D eigenvalue weighted by molar-refractivity contribution is 5.91. The molecule has 0 radical (unpaired) electrons. The second-order valence-corrected chi connectivity index (χ2v) is 8.07. The summed E-state index contributed by atoms with van der Waals surface area (Å²) in [5.74, 6) is 1.24. The van der Waals surface area contributed by atoms with E-state index < -0.39 is 0 Å². The summed E-state index contributed by atoms with van der Waals surface area (Å²) in [5.41, 5.74) is 3.69. The Morgan fingerprint density at radius 3 is 2.82 bits per heavy atom. The molecular weight excluding hydrogens is 352 g/mol. The van der Waals surface area contributed by atoms with Crippen LogP contribution in [0.3, 0.4) is 0 Å². The summed E-state index contributed by atoms with van der Waals surface area (Å²) < 4.78 is 5.45. The first-order valence-electron chi connectivity index (χ1n) is 9.99. The Morgan fingerprint density at radius 1 is 1.29 bits per heavy atom. The Labute approximate surface area is 163 Å². The topological polar surface area (TPSA) is 75.0 Å². The lowest BCUT2D eigenvalue weighted by molar-refractivity contribution is -0.135. The third-order valence-corrected chi connectivity index (χ3v) is 6.16. The summed E-state index contributed by atoms with van der Waals surface area (Å²) in [4.78, 5) is 15.5. The molecule has 1 atom stereocenters. The number of nitrogens with zero attached hydrogens (tertiary/aromatic N) is 3. The zero-order valence-electron chi connectivity index (χ0n) is 16.0. The largest absolute Gasteiger partial charge is 0.356 e. The molecule has 3 aromatic rings. The van der Waals surface area contributed by atoms with Crippen LogP contribution in [0.4, 0.5) is 0 Å². The molecule has 0 bridgehead atoms. The van der Waals surface area contributed by atoms with Gasteiger partial charge in [0.1, 0.15) is 0 Å². The van der Waals surface area contributed by atoms with E-state index in [1.807, 2.05) is 31.2 Å².